The van der Waals surface area contributed by atoms with Gasteiger partial charge in [-0.05, 0) is 49.2 Å². The number of nitrogens with zero attached hydrogens (tertiary/aromatic N) is 2. The molecule has 6 nitrogen and oxygen atoms in total. The Balaban J connectivity index is 1.76. The van der Waals surface area contributed by atoms with Gasteiger partial charge in [0.15, 0.2) is 0 Å². The summed E-state index contributed by atoms with van der Waals surface area (Å²) in [6, 6.07) is 10.6. The summed E-state index contributed by atoms with van der Waals surface area (Å²) in [5, 5.41) is 19.0. The lowest BCUT2D eigenvalue weighted by Gasteiger charge is -2.25. The molecule has 0 spiro atoms. The maximum absolute atomic E-state index is 12.6. The summed E-state index contributed by atoms with van der Waals surface area (Å²) in [7, 11) is -3.44. The predicted octanol–water partition coefficient (Wildman–Crippen LogP) is 3.02. The van der Waals surface area contributed by atoms with E-state index in [-0.39, 0.29) is 16.4 Å². The van der Waals surface area contributed by atoms with Crippen molar-refractivity contribution in [1.82, 2.24) is 4.31 Å². The Morgan fingerprint density at radius 2 is 1.64 bits per heavy atom. The van der Waals surface area contributed by atoms with Crippen LogP contribution in [0.4, 0.5) is 5.69 Å². The van der Waals surface area contributed by atoms with Crippen molar-refractivity contribution < 1.29 is 18.6 Å². The molecule has 2 N–H and O–H groups in total. The summed E-state index contributed by atoms with van der Waals surface area (Å²) < 4.78 is 26.7. The fourth-order valence-corrected chi connectivity index (χ4v) is 4.26. The molecular weight excluding hydrogens is 340 g/mol. The summed E-state index contributed by atoms with van der Waals surface area (Å²) in [4.78, 5) is 4.49. The van der Waals surface area contributed by atoms with Gasteiger partial charge in [-0.1, -0.05) is 6.42 Å². The number of benzene rings is 2. The molecule has 7 heteroatoms. The molecule has 0 unspecified atom stereocenters. The first kappa shape index (κ1) is 17.4. The highest BCUT2D eigenvalue weighted by Gasteiger charge is 2.25. The molecule has 0 bridgehead atoms. The summed E-state index contributed by atoms with van der Waals surface area (Å²) >= 11 is 0. The van der Waals surface area contributed by atoms with E-state index in [1.807, 2.05) is 0 Å². The first-order valence-electron chi connectivity index (χ1n) is 8.13. The predicted molar refractivity (Wildman–Crippen MR) is 96.1 cm³/mol. The Bertz CT molecular complexity index is 870. The van der Waals surface area contributed by atoms with Crippen LogP contribution in [0.1, 0.15) is 24.8 Å². The SMILES string of the molecule is O=S(=O)(c1ccc(N=Cc2ccc(O)cc2O)cc1)N1CCCCC1. The van der Waals surface area contributed by atoms with E-state index in [9.17, 15) is 18.6 Å². The van der Waals surface area contributed by atoms with Crippen LogP contribution in [-0.4, -0.2) is 42.2 Å². The van der Waals surface area contributed by atoms with E-state index in [1.54, 1.807) is 30.3 Å². The monoisotopic (exact) mass is 360 g/mol. The largest absolute Gasteiger partial charge is 0.508 e. The molecule has 1 fully saturated rings. The average Bonchev–Trinajstić information content (AvgIpc) is 2.62. The van der Waals surface area contributed by atoms with E-state index in [1.165, 1.54) is 22.7 Å². The second-order valence-corrected chi connectivity index (χ2v) is 7.90. The van der Waals surface area contributed by atoms with E-state index < -0.39 is 10.0 Å². The molecule has 0 aliphatic carbocycles. The quantitative estimate of drug-likeness (QED) is 0.820. The number of rotatable bonds is 4. The van der Waals surface area contributed by atoms with Gasteiger partial charge in [0.05, 0.1) is 10.6 Å². The third kappa shape index (κ3) is 4.00. The second-order valence-electron chi connectivity index (χ2n) is 5.96. The Labute approximate surface area is 147 Å². The van der Waals surface area contributed by atoms with Crippen LogP contribution >= 0.6 is 0 Å². The molecule has 3 rings (SSSR count). The van der Waals surface area contributed by atoms with Gasteiger partial charge in [-0.3, -0.25) is 4.99 Å². The summed E-state index contributed by atoms with van der Waals surface area (Å²) in [6.07, 6.45) is 4.34. The molecule has 2 aromatic carbocycles. The Hall–Kier alpha value is -2.38. The molecule has 132 valence electrons. The lowest BCUT2D eigenvalue weighted by Crippen LogP contribution is -2.35. The number of phenols is 2. The second kappa shape index (κ2) is 7.25. The van der Waals surface area contributed by atoms with Gasteiger partial charge in [-0.15, -0.1) is 0 Å². The summed E-state index contributed by atoms with van der Waals surface area (Å²) in [5.74, 6) is -0.102. The van der Waals surface area contributed by atoms with Gasteiger partial charge in [-0.2, -0.15) is 4.31 Å². The van der Waals surface area contributed by atoms with Crippen molar-refractivity contribution in [1.29, 1.82) is 0 Å². The number of piperidine rings is 1. The van der Waals surface area contributed by atoms with Gasteiger partial charge in [0.25, 0.3) is 0 Å². The van der Waals surface area contributed by atoms with Crippen LogP contribution in [0.15, 0.2) is 52.4 Å². The molecule has 25 heavy (non-hydrogen) atoms. The Morgan fingerprint density at radius 3 is 2.28 bits per heavy atom. The molecule has 0 radical (unpaired) electrons. The maximum atomic E-state index is 12.6. The molecule has 0 saturated carbocycles. The number of aliphatic imine (C=N–C) groups is 1. The molecule has 1 aliphatic rings. The van der Waals surface area contributed by atoms with Gasteiger partial charge in [0.1, 0.15) is 11.5 Å². The molecule has 1 heterocycles. The highest BCUT2D eigenvalue weighted by molar-refractivity contribution is 7.89. The number of hydrogen-bond acceptors (Lipinski definition) is 5. The molecule has 0 atom stereocenters. The highest BCUT2D eigenvalue weighted by Crippen LogP contribution is 2.24. The van der Waals surface area contributed by atoms with Gasteiger partial charge < -0.3 is 10.2 Å². The first-order chi connectivity index (χ1) is 12.0. The zero-order chi connectivity index (χ0) is 17.9. The van der Waals surface area contributed by atoms with Crippen molar-refractivity contribution in [3.05, 3.63) is 48.0 Å². The van der Waals surface area contributed by atoms with Crippen LogP contribution in [-0.2, 0) is 10.0 Å². The van der Waals surface area contributed by atoms with Crippen LogP contribution < -0.4 is 0 Å². The van der Waals surface area contributed by atoms with Crippen LogP contribution in [0.25, 0.3) is 0 Å². The zero-order valence-electron chi connectivity index (χ0n) is 13.7. The van der Waals surface area contributed by atoms with Crippen molar-refractivity contribution in [3.8, 4) is 11.5 Å². The topological polar surface area (TPSA) is 90.2 Å². The zero-order valence-corrected chi connectivity index (χ0v) is 14.5. The van der Waals surface area contributed by atoms with Crippen LogP contribution in [0.3, 0.4) is 0 Å². The van der Waals surface area contributed by atoms with Crippen molar-refractivity contribution in [2.75, 3.05) is 13.1 Å². The fourth-order valence-electron chi connectivity index (χ4n) is 2.74. The minimum absolute atomic E-state index is 0.0260. The molecule has 2 aromatic rings. The van der Waals surface area contributed by atoms with E-state index in [0.717, 1.165) is 19.3 Å². The molecule has 0 amide bonds. The van der Waals surface area contributed by atoms with Crippen molar-refractivity contribution >= 4 is 21.9 Å². The maximum Gasteiger partial charge on any atom is 0.243 e. The van der Waals surface area contributed by atoms with Crippen LogP contribution in [0, 0.1) is 0 Å². The number of sulfonamides is 1. The van der Waals surface area contributed by atoms with Gasteiger partial charge >= 0.3 is 0 Å². The molecule has 0 aromatic heterocycles. The van der Waals surface area contributed by atoms with Gasteiger partial charge in [-0.25, -0.2) is 8.42 Å². The minimum Gasteiger partial charge on any atom is -0.508 e. The van der Waals surface area contributed by atoms with Crippen LogP contribution in [0.5, 0.6) is 11.5 Å². The summed E-state index contributed by atoms with van der Waals surface area (Å²) in [5.41, 5.74) is 1.04. The molecular formula is C18H20N2O4S. The minimum atomic E-state index is -3.44. The van der Waals surface area contributed by atoms with E-state index in [4.69, 9.17) is 0 Å². The van der Waals surface area contributed by atoms with Gasteiger partial charge in [0.2, 0.25) is 10.0 Å². The Morgan fingerprint density at radius 1 is 0.960 bits per heavy atom. The van der Waals surface area contributed by atoms with Crippen molar-refractivity contribution in [3.63, 3.8) is 0 Å². The van der Waals surface area contributed by atoms with Gasteiger partial charge in [0, 0.05) is 30.9 Å². The first-order valence-corrected chi connectivity index (χ1v) is 9.57. The standard InChI is InChI=1S/C18H20N2O4S/c21-16-7-4-14(18(22)12-16)13-19-15-5-8-17(9-6-15)25(23,24)20-10-2-1-3-11-20/h4-9,12-13,21-22H,1-3,10-11H2. The third-order valence-corrected chi connectivity index (χ3v) is 6.07. The fraction of sp³-hybridized carbons (Fsp3) is 0.278. The molecule has 1 saturated heterocycles. The van der Waals surface area contributed by atoms with Crippen molar-refractivity contribution in [2.45, 2.75) is 24.2 Å². The third-order valence-electron chi connectivity index (χ3n) is 4.16. The van der Waals surface area contributed by atoms with E-state index in [0.29, 0.717) is 24.3 Å². The Kier molecular flexibility index (Phi) is 5.06. The normalized spacial score (nSPS) is 16.3. The van der Waals surface area contributed by atoms with E-state index >= 15 is 0 Å². The number of phenolic OH excluding ortho intramolecular Hbond substituents is 2. The number of hydrogen-bond donors (Lipinski definition) is 2. The summed E-state index contributed by atoms with van der Waals surface area (Å²) in [6.45, 7) is 1.14. The molecule has 1 aliphatic heterocycles. The van der Waals surface area contributed by atoms with E-state index in [2.05, 4.69) is 4.99 Å². The smallest absolute Gasteiger partial charge is 0.243 e. The average molecular weight is 360 g/mol. The van der Waals surface area contributed by atoms with Crippen molar-refractivity contribution in [2.24, 2.45) is 4.99 Å². The lowest BCUT2D eigenvalue weighted by molar-refractivity contribution is 0.346. The van der Waals surface area contributed by atoms with Crippen LogP contribution in [0.2, 0.25) is 0 Å². The lowest BCUT2D eigenvalue weighted by atomic mass is 10.2. The number of aromatic hydroxyl groups is 2. The highest BCUT2D eigenvalue weighted by atomic mass is 32.2.